The van der Waals surface area contributed by atoms with E-state index in [1.807, 2.05) is 10.8 Å². The fraction of sp³-hybridized carbons (Fsp3) is 0.118. The number of hydrogen-bond acceptors (Lipinski definition) is 4. The molecule has 3 aromatic rings. The summed E-state index contributed by atoms with van der Waals surface area (Å²) in [5.74, 6) is 0.0196. The van der Waals surface area contributed by atoms with Crippen molar-refractivity contribution in [3.05, 3.63) is 81.4 Å². The molecule has 0 spiro atoms. The van der Waals surface area contributed by atoms with E-state index in [2.05, 4.69) is 5.32 Å². The van der Waals surface area contributed by atoms with Crippen LogP contribution in [-0.2, 0) is 5.60 Å². The smallest absolute Gasteiger partial charge is 0.252 e. The Balaban J connectivity index is 1.84. The van der Waals surface area contributed by atoms with Crippen molar-refractivity contribution in [1.29, 1.82) is 0 Å². The number of furan rings is 1. The van der Waals surface area contributed by atoms with Gasteiger partial charge in [-0.15, -0.1) is 0 Å². The SMILES string of the molecule is O=C(NC[C@](O)(c1ccsc1)c1ccco1)c1ccccc1Cl. The topological polar surface area (TPSA) is 62.5 Å². The van der Waals surface area contributed by atoms with Crippen molar-refractivity contribution in [2.75, 3.05) is 6.54 Å². The number of nitrogens with one attached hydrogen (secondary N) is 1. The predicted octanol–water partition coefficient (Wildman–Crippen LogP) is 3.66. The van der Waals surface area contributed by atoms with E-state index in [9.17, 15) is 9.90 Å². The molecular formula is C17H14ClNO3S. The Hall–Kier alpha value is -2.08. The third-order valence-corrected chi connectivity index (χ3v) is 4.56. The summed E-state index contributed by atoms with van der Waals surface area (Å²) in [6.45, 7) is -0.0265. The largest absolute Gasteiger partial charge is 0.466 e. The molecule has 0 aliphatic carbocycles. The molecule has 0 unspecified atom stereocenters. The van der Waals surface area contributed by atoms with E-state index < -0.39 is 5.60 Å². The third kappa shape index (κ3) is 3.17. The van der Waals surface area contributed by atoms with Gasteiger partial charge in [0.05, 0.1) is 23.4 Å². The molecule has 0 saturated carbocycles. The highest BCUT2D eigenvalue weighted by Gasteiger charge is 2.35. The van der Waals surface area contributed by atoms with Gasteiger partial charge in [0, 0.05) is 5.56 Å². The molecule has 6 heteroatoms. The molecule has 0 bridgehead atoms. The molecule has 1 aromatic carbocycles. The van der Waals surface area contributed by atoms with Crippen molar-refractivity contribution < 1.29 is 14.3 Å². The number of benzene rings is 1. The molecule has 1 atom stereocenters. The Morgan fingerprint density at radius 2 is 2.09 bits per heavy atom. The van der Waals surface area contributed by atoms with E-state index in [1.54, 1.807) is 42.5 Å². The predicted molar refractivity (Wildman–Crippen MR) is 89.8 cm³/mol. The summed E-state index contributed by atoms with van der Waals surface area (Å²) in [7, 11) is 0. The number of carbonyl (C=O) groups excluding carboxylic acids is 1. The van der Waals surface area contributed by atoms with Crippen molar-refractivity contribution in [2.24, 2.45) is 0 Å². The molecule has 4 nitrogen and oxygen atoms in total. The molecule has 0 saturated heterocycles. The van der Waals surface area contributed by atoms with Gasteiger partial charge in [0.1, 0.15) is 5.76 Å². The first kappa shape index (κ1) is 15.8. The molecule has 118 valence electrons. The number of hydrogen-bond donors (Lipinski definition) is 2. The van der Waals surface area contributed by atoms with Crippen molar-refractivity contribution in [3.8, 4) is 0 Å². The van der Waals surface area contributed by atoms with Crippen LogP contribution in [0.3, 0.4) is 0 Å². The van der Waals surface area contributed by atoms with Crippen molar-refractivity contribution in [2.45, 2.75) is 5.60 Å². The quantitative estimate of drug-likeness (QED) is 0.740. The summed E-state index contributed by atoms with van der Waals surface area (Å²) < 4.78 is 5.36. The van der Waals surface area contributed by atoms with Crippen LogP contribution in [-0.4, -0.2) is 17.6 Å². The Morgan fingerprint density at radius 1 is 1.26 bits per heavy atom. The first-order valence-electron chi connectivity index (χ1n) is 6.93. The maximum absolute atomic E-state index is 12.3. The van der Waals surface area contributed by atoms with Crippen LogP contribution in [0.15, 0.2) is 63.9 Å². The molecule has 2 aromatic heterocycles. The fourth-order valence-electron chi connectivity index (χ4n) is 2.29. The van der Waals surface area contributed by atoms with Crippen LogP contribution in [0, 0.1) is 0 Å². The molecule has 0 radical (unpaired) electrons. The Bertz CT molecular complexity index is 750. The zero-order valence-corrected chi connectivity index (χ0v) is 13.6. The minimum Gasteiger partial charge on any atom is -0.466 e. The van der Waals surface area contributed by atoms with Gasteiger partial charge in [0.25, 0.3) is 5.91 Å². The lowest BCUT2D eigenvalue weighted by atomic mass is 9.93. The van der Waals surface area contributed by atoms with Crippen LogP contribution in [0.2, 0.25) is 5.02 Å². The monoisotopic (exact) mass is 347 g/mol. The fourth-order valence-corrected chi connectivity index (χ4v) is 3.24. The van der Waals surface area contributed by atoms with Gasteiger partial charge in [-0.2, -0.15) is 11.3 Å². The van der Waals surface area contributed by atoms with Gasteiger partial charge >= 0.3 is 0 Å². The summed E-state index contributed by atoms with van der Waals surface area (Å²) in [6.07, 6.45) is 1.49. The van der Waals surface area contributed by atoms with E-state index >= 15 is 0 Å². The number of amides is 1. The van der Waals surface area contributed by atoms with E-state index in [1.165, 1.54) is 17.6 Å². The van der Waals surface area contributed by atoms with Gasteiger partial charge in [0.2, 0.25) is 0 Å². The Labute approximate surface area is 142 Å². The second kappa shape index (κ2) is 6.58. The molecule has 2 N–H and O–H groups in total. The lowest BCUT2D eigenvalue weighted by molar-refractivity contribution is 0.0528. The molecule has 1 amide bonds. The maximum Gasteiger partial charge on any atom is 0.252 e. The zero-order valence-electron chi connectivity index (χ0n) is 12.0. The number of thiophene rings is 1. The third-order valence-electron chi connectivity index (χ3n) is 3.55. The highest BCUT2D eigenvalue weighted by Crippen LogP contribution is 2.31. The molecular weight excluding hydrogens is 334 g/mol. The summed E-state index contributed by atoms with van der Waals surface area (Å²) in [6, 6.07) is 11.9. The number of carbonyl (C=O) groups is 1. The molecule has 0 aliphatic rings. The van der Waals surface area contributed by atoms with Crippen LogP contribution in [0.4, 0.5) is 0 Å². The summed E-state index contributed by atoms with van der Waals surface area (Å²) >= 11 is 7.49. The van der Waals surface area contributed by atoms with Crippen LogP contribution in [0.5, 0.6) is 0 Å². The van der Waals surface area contributed by atoms with Crippen LogP contribution in [0.1, 0.15) is 21.7 Å². The zero-order chi connectivity index (χ0) is 16.3. The lowest BCUT2D eigenvalue weighted by Crippen LogP contribution is -2.41. The number of aliphatic hydroxyl groups is 1. The molecule has 0 fully saturated rings. The standard InChI is InChI=1S/C17H14ClNO3S/c18-14-5-2-1-4-13(14)16(20)19-11-17(21,12-7-9-23-10-12)15-6-3-8-22-15/h1-10,21H,11H2,(H,19,20)/t17-/m0/s1. The van der Waals surface area contributed by atoms with Gasteiger partial charge in [-0.1, -0.05) is 23.7 Å². The minimum absolute atomic E-state index is 0.0265. The normalized spacial score (nSPS) is 13.5. The summed E-state index contributed by atoms with van der Waals surface area (Å²) in [5.41, 5.74) is -0.404. The second-order valence-corrected chi connectivity index (χ2v) is 6.20. The van der Waals surface area contributed by atoms with Gasteiger partial charge in [0.15, 0.2) is 5.60 Å². The van der Waals surface area contributed by atoms with Crippen LogP contribution < -0.4 is 5.32 Å². The van der Waals surface area contributed by atoms with E-state index in [4.69, 9.17) is 16.0 Å². The summed E-state index contributed by atoms with van der Waals surface area (Å²) in [4.78, 5) is 12.3. The number of halogens is 1. The number of rotatable bonds is 5. The average molecular weight is 348 g/mol. The highest BCUT2D eigenvalue weighted by molar-refractivity contribution is 7.08. The van der Waals surface area contributed by atoms with Gasteiger partial charge in [-0.05, 0) is 41.1 Å². The van der Waals surface area contributed by atoms with E-state index in [0.29, 0.717) is 21.9 Å². The Kier molecular flexibility index (Phi) is 4.52. The van der Waals surface area contributed by atoms with Gasteiger partial charge in [-0.25, -0.2) is 0 Å². The van der Waals surface area contributed by atoms with Gasteiger partial charge < -0.3 is 14.8 Å². The van der Waals surface area contributed by atoms with Crippen molar-refractivity contribution in [1.82, 2.24) is 5.32 Å². The van der Waals surface area contributed by atoms with Gasteiger partial charge in [-0.3, -0.25) is 4.79 Å². The Morgan fingerprint density at radius 3 is 2.74 bits per heavy atom. The van der Waals surface area contributed by atoms with Crippen molar-refractivity contribution >= 4 is 28.8 Å². The minimum atomic E-state index is -1.43. The first-order valence-corrected chi connectivity index (χ1v) is 8.25. The average Bonchev–Trinajstić information content (AvgIpc) is 3.25. The molecule has 0 aliphatic heterocycles. The van der Waals surface area contributed by atoms with Crippen LogP contribution >= 0.6 is 22.9 Å². The molecule has 3 rings (SSSR count). The van der Waals surface area contributed by atoms with Crippen LogP contribution in [0.25, 0.3) is 0 Å². The summed E-state index contributed by atoms with van der Waals surface area (Å²) in [5, 5.41) is 17.8. The first-order chi connectivity index (χ1) is 11.1. The van der Waals surface area contributed by atoms with E-state index in [-0.39, 0.29) is 12.5 Å². The highest BCUT2D eigenvalue weighted by atomic mass is 35.5. The molecule has 2 heterocycles. The second-order valence-electron chi connectivity index (χ2n) is 5.01. The van der Waals surface area contributed by atoms with E-state index in [0.717, 1.165) is 0 Å². The van der Waals surface area contributed by atoms with Crippen molar-refractivity contribution in [3.63, 3.8) is 0 Å². The molecule has 23 heavy (non-hydrogen) atoms. The maximum atomic E-state index is 12.3. The lowest BCUT2D eigenvalue weighted by Gasteiger charge is -2.25.